The summed E-state index contributed by atoms with van der Waals surface area (Å²) < 4.78 is 45.4. The predicted octanol–water partition coefficient (Wildman–Crippen LogP) is 2.68. The number of ether oxygens (including phenoxy) is 3. The molecule has 28 heavy (non-hydrogen) atoms. The molecule has 0 aliphatic carbocycles. The summed E-state index contributed by atoms with van der Waals surface area (Å²) in [6.07, 6.45) is 0.703. The van der Waals surface area contributed by atoms with Gasteiger partial charge in [-0.15, -0.1) is 0 Å². The third-order valence-corrected chi connectivity index (χ3v) is 6.29. The maximum atomic E-state index is 13.0. The zero-order valence-electron chi connectivity index (χ0n) is 16.8. The summed E-state index contributed by atoms with van der Waals surface area (Å²) in [7, 11) is 3.16. The minimum atomic E-state index is -3.86. The van der Waals surface area contributed by atoms with E-state index in [1.807, 2.05) is 21.0 Å². The first-order valence-electron chi connectivity index (χ1n) is 8.93. The van der Waals surface area contributed by atoms with E-state index < -0.39 is 10.0 Å². The van der Waals surface area contributed by atoms with E-state index in [1.165, 1.54) is 13.2 Å². The third kappa shape index (κ3) is 3.88. The van der Waals surface area contributed by atoms with Gasteiger partial charge in [0.1, 0.15) is 28.8 Å². The van der Waals surface area contributed by atoms with Gasteiger partial charge >= 0.3 is 0 Å². The van der Waals surface area contributed by atoms with Gasteiger partial charge in [0.25, 0.3) is 10.0 Å². The molecule has 2 aromatic rings. The molecule has 0 bridgehead atoms. The topological polar surface area (TPSA) is 77.1 Å². The molecule has 1 aliphatic heterocycles. The monoisotopic (exact) mass is 406 g/mol. The van der Waals surface area contributed by atoms with Crippen molar-refractivity contribution < 1.29 is 22.6 Å². The van der Waals surface area contributed by atoms with Crippen LogP contribution >= 0.6 is 0 Å². The number of benzene rings is 2. The number of aryl methyl sites for hydroxylation is 1. The lowest BCUT2D eigenvalue weighted by Gasteiger charge is -2.32. The molecule has 0 radical (unpaired) electrons. The molecule has 1 atom stereocenters. The number of rotatable bonds is 6. The van der Waals surface area contributed by atoms with Crippen LogP contribution in [0.15, 0.2) is 35.2 Å². The van der Waals surface area contributed by atoms with E-state index in [4.69, 9.17) is 14.2 Å². The van der Waals surface area contributed by atoms with Gasteiger partial charge in [0.05, 0.1) is 19.9 Å². The molecule has 3 rings (SSSR count). The normalized spacial score (nSPS) is 16.3. The van der Waals surface area contributed by atoms with E-state index in [-0.39, 0.29) is 10.9 Å². The SMILES string of the molecule is COc1cc(C)ccc1S(=O)(=O)Nc1ccc(OC)c2c1OC[C@H](N(C)C)C2. The van der Waals surface area contributed by atoms with Crippen molar-refractivity contribution >= 4 is 15.7 Å². The van der Waals surface area contributed by atoms with Gasteiger partial charge in [-0.3, -0.25) is 4.72 Å². The zero-order chi connectivity index (χ0) is 20.5. The summed E-state index contributed by atoms with van der Waals surface area (Å²) >= 11 is 0. The maximum Gasteiger partial charge on any atom is 0.265 e. The average molecular weight is 407 g/mol. The summed E-state index contributed by atoms with van der Waals surface area (Å²) in [6.45, 7) is 2.34. The number of hydrogen-bond acceptors (Lipinski definition) is 6. The Morgan fingerprint density at radius 2 is 1.82 bits per heavy atom. The molecule has 8 heteroatoms. The third-order valence-electron chi connectivity index (χ3n) is 4.88. The van der Waals surface area contributed by atoms with Gasteiger partial charge in [-0.25, -0.2) is 8.42 Å². The average Bonchev–Trinajstić information content (AvgIpc) is 2.67. The molecule has 0 saturated heterocycles. The molecule has 0 saturated carbocycles. The Kier molecular flexibility index (Phi) is 5.71. The number of methoxy groups -OCH3 is 2. The Morgan fingerprint density at radius 3 is 2.46 bits per heavy atom. The molecule has 1 N–H and O–H groups in total. The molecule has 0 fully saturated rings. The summed E-state index contributed by atoms with van der Waals surface area (Å²) in [4.78, 5) is 2.16. The van der Waals surface area contributed by atoms with Crippen molar-refractivity contribution in [3.05, 3.63) is 41.5 Å². The predicted molar refractivity (Wildman–Crippen MR) is 108 cm³/mol. The van der Waals surface area contributed by atoms with E-state index >= 15 is 0 Å². The fourth-order valence-corrected chi connectivity index (χ4v) is 4.46. The molecule has 1 aliphatic rings. The molecule has 0 unspecified atom stereocenters. The van der Waals surface area contributed by atoms with Crippen LogP contribution in [0.3, 0.4) is 0 Å². The van der Waals surface area contributed by atoms with Crippen molar-refractivity contribution in [2.75, 3.05) is 39.6 Å². The summed E-state index contributed by atoms with van der Waals surface area (Å²) in [5.74, 6) is 1.48. The smallest absolute Gasteiger partial charge is 0.265 e. The number of hydrogen-bond donors (Lipinski definition) is 1. The molecule has 2 aromatic carbocycles. The minimum Gasteiger partial charge on any atom is -0.496 e. The first-order chi connectivity index (χ1) is 13.3. The fraction of sp³-hybridized carbons (Fsp3) is 0.400. The Bertz CT molecular complexity index is 973. The van der Waals surface area contributed by atoms with Gasteiger partial charge in [-0.1, -0.05) is 6.07 Å². The Hall–Kier alpha value is -2.45. The van der Waals surface area contributed by atoms with Gasteiger partial charge < -0.3 is 19.1 Å². The molecule has 1 heterocycles. The number of sulfonamides is 1. The second kappa shape index (κ2) is 7.89. The number of anilines is 1. The van der Waals surface area contributed by atoms with Crippen molar-refractivity contribution in [1.29, 1.82) is 0 Å². The quantitative estimate of drug-likeness (QED) is 0.795. The number of fused-ring (bicyclic) bond motifs is 1. The highest BCUT2D eigenvalue weighted by atomic mass is 32.2. The zero-order valence-corrected chi connectivity index (χ0v) is 17.6. The van der Waals surface area contributed by atoms with Crippen LogP contribution in [0.2, 0.25) is 0 Å². The summed E-state index contributed by atoms with van der Waals surface area (Å²) in [6, 6.07) is 8.56. The molecule has 0 aromatic heterocycles. The van der Waals surface area contributed by atoms with E-state index in [9.17, 15) is 8.42 Å². The number of nitrogens with one attached hydrogen (secondary N) is 1. The lowest BCUT2D eigenvalue weighted by atomic mass is 10.00. The van der Waals surface area contributed by atoms with Crippen molar-refractivity contribution in [2.24, 2.45) is 0 Å². The van der Waals surface area contributed by atoms with Crippen LogP contribution in [-0.2, 0) is 16.4 Å². The van der Waals surface area contributed by atoms with Crippen LogP contribution in [0.1, 0.15) is 11.1 Å². The highest BCUT2D eigenvalue weighted by Gasteiger charge is 2.29. The molecular formula is C20H26N2O5S. The molecule has 0 amide bonds. The molecule has 152 valence electrons. The van der Waals surface area contributed by atoms with E-state index in [2.05, 4.69) is 9.62 Å². The minimum absolute atomic E-state index is 0.0761. The van der Waals surface area contributed by atoms with Gasteiger partial charge in [0, 0.05) is 11.6 Å². The van der Waals surface area contributed by atoms with Crippen LogP contribution in [0, 0.1) is 6.92 Å². The maximum absolute atomic E-state index is 13.0. The van der Waals surface area contributed by atoms with Crippen LogP contribution in [0.4, 0.5) is 5.69 Å². The van der Waals surface area contributed by atoms with Gasteiger partial charge in [-0.2, -0.15) is 0 Å². The second-order valence-electron chi connectivity index (χ2n) is 7.02. The van der Waals surface area contributed by atoms with Crippen LogP contribution in [0.5, 0.6) is 17.2 Å². The standard InChI is InChI=1S/C20H26N2O5S/c1-13-6-9-19(18(10-13)26-5)28(23,24)21-16-7-8-17(25-4)15-11-14(22(2)3)12-27-20(15)16/h6-10,14,21H,11-12H2,1-5H3/t14-/m1/s1. The Balaban J connectivity index is 2.01. The number of likely N-dealkylation sites (N-methyl/N-ethyl adjacent to an activating group) is 1. The first kappa shape index (κ1) is 20.3. The molecular weight excluding hydrogens is 380 g/mol. The fourth-order valence-electron chi connectivity index (χ4n) is 3.24. The van der Waals surface area contributed by atoms with Crippen molar-refractivity contribution in [1.82, 2.24) is 4.90 Å². The largest absolute Gasteiger partial charge is 0.496 e. The van der Waals surface area contributed by atoms with Crippen molar-refractivity contribution in [2.45, 2.75) is 24.3 Å². The second-order valence-corrected chi connectivity index (χ2v) is 8.67. The number of nitrogens with zero attached hydrogens (tertiary/aromatic N) is 1. The van der Waals surface area contributed by atoms with Gasteiger partial charge in [0.15, 0.2) is 0 Å². The van der Waals surface area contributed by atoms with Crippen LogP contribution in [-0.4, -0.2) is 54.3 Å². The molecule has 0 spiro atoms. The van der Waals surface area contributed by atoms with Crippen LogP contribution < -0.4 is 18.9 Å². The lowest BCUT2D eigenvalue weighted by molar-refractivity contribution is 0.164. The lowest BCUT2D eigenvalue weighted by Crippen LogP contribution is -2.38. The van der Waals surface area contributed by atoms with Crippen molar-refractivity contribution in [3.63, 3.8) is 0 Å². The summed E-state index contributed by atoms with van der Waals surface area (Å²) in [5, 5.41) is 0. The highest BCUT2D eigenvalue weighted by molar-refractivity contribution is 7.92. The first-order valence-corrected chi connectivity index (χ1v) is 10.4. The van der Waals surface area contributed by atoms with Crippen molar-refractivity contribution in [3.8, 4) is 17.2 Å². The van der Waals surface area contributed by atoms with Gasteiger partial charge in [-0.05, 0) is 57.3 Å². The Labute approximate surface area is 166 Å². The van der Waals surface area contributed by atoms with E-state index in [0.717, 1.165) is 11.1 Å². The van der Waals surface area contributed by atoms with E-state index in [0.29, 0.717) is 36.0 Å². The Morgan fingerprint density at radius 1 is 1.11 bits per heavy atom. The highest BCUT2D eigenvalue weighted by Crippen LogP contribution is 2.41. The van der Waals surface area contributed by atoms with Crippen LogP contribution in [0.25, 0.3) is 0 Å². The van der Waals surface area contributed by atoms with E-state index in [1.54, 1.807) is 31.4 Å². The van der Waals surface area contributed by atoms with Gasteiger partial charge in [0.2, 0.25) is 0 Å². The summed E-state index contributed by atoms with van der Waals surface area (Å²) in [5.41, 5.74) is 2.15. The molecule has 7 nitrogen and oxygen atoms in total.